The molecule has 0 aliphatic rings. The summed E-state index contributed by atoms with van der Waals surface area (Å²) >= 11 is 1.38. The fraction of sp³-hybridized carbons (Fsp3) is 0.375. The third-order valence-corrected chi connectivity index (χ3v) is 3.75. The minimum Gasteiger partial charge on any atom is -0.481 e. The molecular formula is C16H20N2O2S. The lowest BCUT2D eigenvalue weighted by Crippen LogP contribution is -2.30. The molecule has 0 aliphatic carbocycles. The van der Waals surface area contributed by atoms with Gasteiger partial charge in [0.05, 0.1) is 0 Å². The first-order valence-corrected chi connectivity index (χ1v) is 7.72. The van der Waals surface area contributed by atoms with Gasteiger partial charge in [-0.15, -0.1) is 11.3 Å². The van der Waals surface area contributed by atoms with Crippen LogP contribution >= 0.6 is 11.3 Å². The maximum atomic E-state index is 12.0. The lowest BCUT2D eigenvalue weighted by molar-refractivity contribution is -0.122. The molecule has 2 rings (SSSR count). The largest absolute Gasteiger partial charge is 0.481 e. The van der Waals surface area contributed by atoms with E-state index < -0.39 is 6.10 Å². The molecule has 1 N–H and O–H groups in total. The predicted molar refractivity (Wildman–Crippen MR) is 86.0 cm³/mol. The van der Waals surface area contributed by atoms with Crippen molar-refractivity contribution in [2.75, 3.05) is 5.32 Å². The minimum atomic E-state index is -0.575. The second-order valence-electron chi connectivity index (χ2n) is 5.86. The molecule has 21 heavy (non-hydrogen) atoms. The zero-order chi connectivity index (χ0) is 15.5. The van der Waals surface area contributed by atoms with Gasteiger partial charge in [0.15, 0.2) is 11.2 Å². The molecule has 0 fully saturated rings. The first-order chi connectivity index (χ1) is 9.86. The number of aromatic nitrogens is 1. The fourth-order valence-electron chi connectivity index (χ4n) is 1.78. The molecule has 1 amide bonds. The summed E-state index contributed by atoms with van der Waals surface area (Å²) in [5.74, 6) is 0.481. The van der Waals surface area contributed by atoms with E-state index in [0.29, 0.717) is 10.9 Å². The summed E-state index contributed by atoms with van der Waals surface area (Å²) < 4.78 is 5.66. The average molecular weight is 304 g/mol. The third-order valence-electron chi connectivity index (χ3n) is 3.06. The number of carbonyl (C=O) groups is 1. The Hall–Kier alpha value is -1.88. The maximum absolute atomic E-state index is 12.0. The van der Waals surface area contributed by atoms with Crippen molar-refractivity contribution in [2.24, 2.45) is 0 Å². The van der Waals surface area contributed by atoms with Crippen molar-refractivity contribution in [3.8, 4) is 5.75 Å². The summed E-state index contributed by atoms with van der Waals surface area (Å²) in [5, 5.41) is 5.11. The van der Waals surface area contributed by atoms with E-state index in [9.17, 15) is 4.79 Å². The number of rotatable bonds is 4. The van der Waals surface area contributed by atoms with Crippen molar-refractivity contribution in [2.45, 2.75) is 39.2 Å². The van der Waals surface area contributed by atoms with Crippen LogP contribution in [-0.2, 0) is 10.2 Å². The second kappa shape index (κ2) is 6.26. The molecule has 5 heteroatoms. The highest BCUT2D eigenvalue weighted by Crippen LogP contribution is 2.24. The van der Waals surface area contributed by atoms with Gasteiger partial charge in [0.25, 0.3) is 5.91 Å². The van der Waals surface area contributed by atoms with Gasteiger partial charge in [-0.25, -0.2) is 4.98 Å². The van der Waals surface area contributed by atoms with Crippen LogP contribution in [0.15, 0.2) is 35.8 Å². The highest BCUT2D eigenvalue weighted by atomic mass is 32.1. The Bertz CT molecular complexity index is 586. The molecular weight excluding hydrogens is 284 g/mol. The van der Waals surface area contributed by atoms with Gasteiger partial charge >= 0.3 is 0 Å². The summed E-state index contributed by atoms with van der Waals surface area (Å²) in [6.45, 7) is 8.20. The van der Waals surface area contributed by atoms with E-state index in [0.717, 1.165) is 0 Å². The number of anilines is 1. The second-order valence-corrected chi connectivity index (χ2v) is 6.76. The van der Waals surface area contributed by atoms with E-state index in [1.165, 1.54) is 16.9 Å². The number of hydrogen-bond donors (Lipinski definition) is 1. The van der Waals surface area contributed by atoms with E-state index in [2.05, 4.69) is 31.1 Å². The highest BCUT2D eigenvalue weighted by Gasteiger charge is 2.17. The molecule has 1 aromatic carbocycles. The summed E-state index contributed by atoms with van der Waals surface area (Å²) in [4.78, 5) is 16.0. The molecule has 112 valence electrons. The van der Waals surface area contributed by atoms with Gasteiger partial charge in [0.2, 0.25) is 0 Å². The molecule has 0 spiro atoms. The zero-order valence-electron chi connectivity index (χ0n) is 12.7. The Labute approximate surface area is 129 Å². The van der Waals surface area contributed by atoms with Crippen LogP contribution in [0.4, 0.5) is 5.13 Å². The highest BCUT2D eigenvalue weighted by molar-refractivity contribution is 7.13. The molecule has 1 unspecified atom stereocenters. The predicted octanol–water partition coefficient (Wildman–Crippen LogP) is 3.85. The quantitative estimate of drug-likeness (QED) is 0.933. The molecule has 4 nitrogen and oxygen atoms in total. The van der Waals surface area contributed by atoms with Crippen LogP contribution in [0.3, 0.4) is 0 Å². The van der Waals surface area contributed by atoms with Crippen LogP contribution in [0.25, 0.3) is 0 Å². The number of nitrogens with one attached hydrogen (secondary N) is 1. The van der Waals surface area contributed by atoms with Crippen molar-refractivity contribution >= 4 is 22.4 Å². The van der Waals surface area contributed by atoms with E-state index in [-0.39, 0.29) is 11.3 Å². The summed E-state index contributed by atoms with van der Waals surface area (Å²) in [5.41, 5.74) is 1.33. The van der Waals surface area contributed by atoms with E-state index in [1.54, 1.807) is 13.1 Å². The van der Waals surface area contributed by atoms with Gasteiger partial charge in [-0.05, 0) is 30.0 Å². The van der Waals surface area contributed by atoms with Crippen molar-refractivity contribution < 1.29 is 9.53 Å². The van der Waals surface area contributed by atoms with Gasteiger partial charge in [-0.1, -0.05) is 32.9 Å². The van der Waals surface area contributed by atoms with Crippen LogP contribution in [0, 0.1) is 0 Å². The van der Waals surface area contributed by atoms with Crippen molar-refractivity contribution in [3.05, 3.63) is 41.4 Å². The van der Waals surface area contributed by atoms with Gasteiger partial charge in [-0.2, -0.15) is 0 Å². The van der Waals surface area contributed by atoms with Crippen LogP contribution in [0.1, 0.15) is 33.3 Å². The first-order valence-electron chi connectivity index (χ1n) is 6.84. The molecule has 0 bridgehead atoms. The first kappa shape index (κ1) is 15.5. The maximum Gasteiger partial charge on any atom is 0.266 e. The van der Waals surface area contributed by atoms with Crippen molar-refractivity contribution in [1.29, 1.82) is 0 Å². The third kappa shape index (κ3) is 4.29. The number of amides is 1. The van der Waals surface area contributed by atoms with E-state index in [4.69, 9.17) is 4.74 Å². The lowest BCUT2D eigenvalue weighted by atomic mass is 9.87. The van der Waals surface area contributed by atoms with Crippen molar-refractivity contribution in [3.63, 3.8) is 0 Å². The fourth-order valence-corrected chi connectivity index (χ4v) is 2.32. The monoisotopic (exact) mass is 304 g/mol. The molecule has 2 aromatic rings. The Morgan fingerprint density at radius 1 is 1.29 bits per heavy atom. The standard InChI is InChI=1S/C16H20N2O2S/c1-11(14(19)18-15-17-9-10-21-15)20-13-7-5-12(6-8-13)16(2,3)4/h5-11H,1-4H3,(H,17,18,19). The molecule has 1 atom stereocenters. The molecule has 0 saturated heterocycles. The normalized spacial score (nSPS) is 12.8. The van der Waals surface area contributed by atoms with Crippen LogP contribution in [0.2, 0.25) is 0 Å². The van der Waals surface area contributed by atoms with Gasteiger partial charge < -0.3 is 4.74 Å². The van der Waals surface area contributed by atoms with E-state index >= 15 is 0 Å². The SMILES string of the molecule is CC(Oc1ccc(C(C)(C)C)cc1)C(=O)Nc1nccs1. The molecule has 0 radical (unpaired) electrons. The zero-order valence-corrected chi connectivity index (χ0v) is 13.5. The molecule has 0 saturated carbocycles. The van der Waals surface area contributed by atoms with Gasteiger partial charge in [0.1, 0.15) is 5.75 Å². The topological polar surface area (TPSA) is 51.2 Å². The van der Waals surface area contributed by atoms with Crippen LogP contribution < -0.4 is 10.1 Å². The van der Waals surface area contributed by atoms with Crippen molar-refractivity contribution in [1.82, 2.24) is 4.98 Å². The number of benzene rings is 1. The minimum absolute atomic E-state index is 0.104. The number of ether oxygens (including phenoxy) is 1. The average Bonchev–Trinajstić information content (AvgIpc) is 2.91. The Morgan fingerprint density at radius 3 is 2.48 bits per heavy atom. The van der Waals surface area contributed by atoms with Gasteiger partial charge in [-0.3, -0.25) is 10.1 Å². The Kier molecular flexibility index (Phi) is 4.63. The number of thiazole rings is 1. The van der Waals surface area contributed by atoms with Crippen LogP contribution in [-0.4, -0.2) is 17.0 Å². The number of hydrogen-bond acceptors (Lipinski definition) is 4. The number of carbonyl (C=O) groups excluding carboxylic acids is 1. The summed E-state index contributed by atoms with van der Waals surface area (Å²) in [6.07, 6.45) is 1.08. The van der Waals surface area contributed by atoms with Crippen LogP contribution in [0.5, 0.6) is 5.75 Å². The van der Waals surface area contributed by atoms with Gasteiger partial charge in [0, 0.05) is 11.6 Å². The Morgan fingerprint density at radius 2 is 1.95 bits per heavy atom. The summed E-state index contributed by atoms with van der Waals surface area (Å²) in [7, 11) is 0. The van der Waals surface area contributed by atoms with E-state index in [1.807, 2.05) is 29.6 Å². The molecule has 1 aromatic heterocycles. The smallest absolute Gasteiger partial charge is 0.266 e. The number of nitrogens with zero attached hydrogens (tertiary/aromatic N) is 1. The Balaban J connectivity index is 1.96. The molecule has 0 aliphatic heterocycles. The lowest BCUT2D eigenvalue weighted by Gasteiger charge is -2.20. The molecule has 1 heterocycles. The summed E-state index contributed by atoms with van der Waals surface area (Å²) in [6, 6.07) is 7.85.